The molecule has 9 heteroatoms. The molecule has 0 radical (unpaired) electrons. The molecule has 2 aliphatic rings. The van der Waals surface area contributed by atoms with Crippen molar-refractivity contribution < 1.29 is 9.59 Å². The molecule has 1 aliphatic carbocycles. The van der Waals surface area contributed by atoms with Gasteiger partial charge in [0.05, 0.1) is 12.1 Å². The van der Waals surface area contributed by atoms with Gasteiger partial charge >= 0.3 is 0 Å². The Morgan fingerprint density at radius 1 is 1.17 bits per heavy atom. The maximum atomic E-state index is 12.7. The normalized spacial score (nSPS) is 19.0. The van der Waals surface area contributed by atoms with Crippen LogP contribution in [0.2, 0.25) is 0 Å². The summed E-state index contributed by atoms with van der Waals surface area (Å²) < 4.78 is 1.61. The Kier molecular flexibility index (Phi) is 5.84. The second-order valence-corrected chi connectivity index (χ2v) is 7.81. The number of piperazine rings is 1. The van der Waals surface area contributed by atoms with Gasteiger partial charge in [-0.3, -0.25) is 9.59 Å². The van der Waals surface area contributed by atoms with Crippen molar-refractivity contribution in [2.45, 2.75) is 50.7 Å². The molecule has 2 N–H and O–H groups in total. The predicted molar refractivity (Wildman–Crippen MR) is 105 cm³/mol. The molecule has 0 atom stereocenters. The minimum Gasteiger partial charge on any atom is -0.353 e. The summed E-state index contributed by atoms with van der Waals surface area (Å²) in [5.41, 5.74) is 0.851. The molecule has 0 bridgehead atoms. The number of benzene rings is 1. The summed E-state index contributed by atoms with van der Waals surface area (Å²) in [6.45, 7) is 1.85. The Hall–Kier alpha value is -2.81. The van der Waals surface area contributed by atoms with Crippen LogP contribution in [0.3, 0.4) is 0 Å². The SMILES string of the molecule is O=C1CN(C(=O)Cn2nnnc2C2(NCc3ccccc3)CCCCC2)CCN1. The predicted octanol–water partition coefficient (Wildman–Crippen LogP) is 0.581. The third kappa shape index (κ3) is 4.45. The summed E-state index contributed by atoms with van der Waals surface area (Å²) in [4.78, 5) is 25.9. The Morgan fingerprint density at radius 3 is 2.72 bits per heavy atom. The van der Waals surface area contributed by atoms with Crippen molar-refractivity contribution in [3.63, 3.8) is 0 Å². The van der Waals surface area contributed by atoms with Crippen molar-refractivity contribution in [2.24, 2.45) is 0 Å². The van der Waals surface area contributed by atoms with Gasteiger partial charge in [0, 0.05) is 19.6 Å². The Bertz CT molecular complexity index is 846. The maximum Gasteiger partial charge on any atom is 0.244 e. The molecule has 1 saturated carbocycles. The van der Waals surface area contributed by atoms with Crippen LogP contribution in [-0.4, -0.2) is 56.6 Å². The first kappa shape index (κ1) is 19.5. The second-order valence-electron chi connectivity index (χ2n) is 7.81. The molecule has 1 aromatic carbocycles. The van der Waals surface area contributed by atoms with E-state index in [2.05, 4.69) is 38.3 Å². The van der Waals surface area contributed by atoms with E-state index in [1.54, 1.807) is 9.58 Å². The van der Waals surface area contributed by atoms with Crippen molar-refractivity contribution in [1.82, 2.24) is 35.7 Å². The minimum atomic E-state index is -0.350. The van der Waals surface area contributed by atoms with Crippen molar-refractivity contribution >= 4 is 11.8 Å². The summed E-state index contributed by atoms with van der Waals surface area (Å²) in [6.07, 6.45) is 5.24. The number of carbonyl (C=O) groups excluding carboxylic acids is 2. The minimum absolute atomic E-state index is 0.0460. The Balaban J connectivity index is 1.52. The quantitative estimate of drug-likeness (QED) is 0.739. The molecular formula is C20H27N7O2. The van der Waals surface area contributed by atoms with Crippen LogP contribution in [0.25, 0.3) is 0 Å². The second kappa shape index (κ2) is 8.69. The third-order valence-corrected chi connectivity index (χ3v) is 5.82. The maximum absolute atomic E-state index is 12.7. The molecular weight excluding hydrogens is 370 g/mol. The monoisotopic (exact) mass is 397 g/mol. The molecule has 2 amide bonds. The van der Waals surface area contributed by atoms with Gasteiger partial charge in [0.15, 0.2) is 5.82 Å². The van der Waals surface area contributed by atoms with E-state index in [-0.39, 0.29) is 30.4 Å². The van der Waals surface area contributed by atoms with Gasteiger partial charge in [-0.25, -0.2) is 4.68 Å². The molecule has 0 unspecified atom stereocenters. The van der Waals surface area contributed by atoms with Crippen LogP contribution in [0.1, 0.15) is 43.5 Å². The average molecular weight is 397 g/mol. The first-order valence-electron chi connectivity index (χ1n) is 10.3. The van der Waals surface area contributed by atoms with Gasteiger partial charge in [0.25, 0.3) is 0 Å². The molecule has 154 valence electrons. The van der Waals surface area contributed by atoms with Crippen LogP contribution in [0.4, 0.5) is 0 Å². The first-order valence-corrected chi connectivity index (χ1v) is 10.3. The topological polar surface area (TPSA) is 105 Å². The van der Waals surface area contributed by atoms with E-state index in [0.29, 0.717) is 25.5 Å². The first-order chi connectivity index (χ1) is 14.2. The highest BCUT2D eigenvalue weighted by molar-refractivity contribution is 5.85. The lowest BCUT2D eigenvalue weighted by Crippen LogP contribution is -2.51. The summed E-state index contributed by atoms with van der Waals surface area (Å²) in [5.74, 6) is 0.445. The molecule has 1 saturated heterocycles. The number of hydrogen-bond acceptors (Lipinski definition) is 6. The van der Waals surface area contributed by atoms with Gasteiger partial charge in [0.1, 0.15) is 6.54 Å². The number of rotatable bonds is 6. The zero-order chi connectivity index (χ0) is 20.1. The third-order valence-electron chi connectivity index (χ3n) is 5.82. The van der Waals surface area contributed by atoms with E-state index < -0.39 is 0 Å². The van der Waals surface area contributed by atoms with Crippen LogP contribution in [0.15, 0.2) is 30.3 Å². The van der Waals surface area contributed by atoms with Gasteiger partial charge < -0.3 is 15.5 Å². The molecule has 2 aromatic rings. The van der Waals surface area contributed by atoms with E-state index in [0.717, 1.165) is 25.7 Å². The molecule has 2 fully saturated rings. The van der Waals surface area contributed by atoms with Crippen molar-refractivity contribution in [3.8, 4) is 0 Å². The molecule has 29 heavy (non-hydrogen) atoms. The lowest BCUT2D eigenvalue weighted by Gasteiger charge is -2.37. The summed E-state index contributed by atoms with van der Waals surface area (Å²) in [7, 11) is 0. The molecule has 0 spiro atoms. The van der Waals surface area contributed by atoms with Gasteiger partial charge in [-0.1, -0.05) is 49.6 Å². The highest BCUT2D eigenvalue weighted by Crippen LogP contribution is 2.36. The van der Waals surface area contributed by atoms with Crippen LogP contribution in [-0.2, 0) is 28.2 Å². The number of amides is 2. The van der Waals surface area contributed by atoms with E-state index in [1.807, 2.05) is 18.2 Å². The van der Waals surface area contributed by atoms with E-state index >= 15 is 0 Å². The molecule has 1 aromatic heterocycles. The lowest BCUT2D eigenvalue weighted by atomic mass is 9.80. The number of nitrogens with one attached hydrogen (secondary N) is 2. The molecule has 9 nitrogen and oxygen atoms in total. The zero-order valence-corrected chi connectivity index (χ0v) is 16.5. The van der Waals surface area contributed by atoms with Gasteiger partial charge in [-0.15, -0.1) is 5.10 Å². The number of carbonyl (C=O) groups is 2. The van der Waals surface area contributed by atoms with Crippen LogP contribution in [0.5, 0.6) is 0 Å². The average Bonchev–Trinajstić information content (AvgIpc) is 3.22. The largest absolute Gasteiger partial charge is 0.353 e. The van der Waals surface area contributed by atoms with Crippen molar-refractivity contribution in [2.75, 3.05) is 19.6 Å². The smallest absolute Gasteiger partial charge is 0.244 e. The van der Waals surface area contributed by atoms with Gasteiger partial charge in [0.2, 0.25) is 11.8 Å². The van der Waals surface area contributed by atoms with E-state index in [4.69, 9.17) is 0 Å². The zero-order valence-electron chi connectivity index (χ0n) is 16.5. The fraction of sp³-hybridized carbons (Fsp3) is 0.550. The standard InChI is InChI=1S/C20H27N7O2/c28-17-14-26(12-11-21-17)18(29)15-27-19(23-24-25-27)20(9-5-2-6-10-20)22-13-16-7-3-1-4-8-16/h1,3-4,7-8,22H,2,5-6,9-15H2,(H,21,28). The molecule has 4 rings (SSSR count). The highest BCUT2D eigenvalue weighted by Gasteiger charge is 2.39. The van der Waals surface area contributed by atoms with Crippen LogP contribution >= 0.6 is 0 Å². The van der Waals surface area contributed by atoms with Crippen LogP contribution in [0, 0.1) is 0 Å². The number of hydrogen-bond donors (Lipinski definition) is 2. The summed E-state index contributed by atoms with van der Waals surface area (Å²) in [6, 6.07) is 10.3. The number of aromatic nitrogens is 4. The Morgan fingerprint density at radius 2 is 1.97 bits per heavy atom. The van der Waals surface area contributed by atoms with E-state index in [9.17, 15) is 9.59 Å². The summed E-state index contributed by atoms with van der Waals surface area (Å²) >= 11 is 0. The number of nitrogens with zero attached hydrogens (tertiary/aromatic N) is 5. The fourth-order valence-electron chi connectivity index (χ4n) is 4.24. The van der Waals surface area contributed by atoms with Gasteiger partial charge in [-0.05, 0) is 28.8 Å². The lowest BCUT2D eigenvalue weighted by molar-refractivity contribution is -0.138. The summed E-state index contributed by atoms with van der Waals surface area (Å²) in [5, 5.41) is 18.8. The van der Waals surface area contributed by atoms with Crippen molar-refractivity contribution in [3.05, 3.63) is 41.7 Å². The molecule has 2 heterocycles. The highest BCUT2D eigenvalue weighted by atomic mass is 16.2. The van der Waals surface area contributed by atoms with Crippen molar-refractivity contribution in [1.29, 1.82) is 0 Å². The van der Waals surface area contributed by atoms with E-state index in [1.165, 1.54) is 12.0 Å². The van der Waals surface area contributed by atoms with Gasteiger partial charge in [-0.2, -0.15) is 0 Å². The number of tetrazole rings is 1. The molecule has 1 aliphatic heterocycles. The van der Waals surface area contributed by atoms with Crippen LogP contribution < -0.4 is 10.6 Å². The fourth-order valence-corrected chi connectivity index (χ4v) is 4.24. The Labute approximate surface area is 169 Å².